The number of amides is 1. The fourth-order valence-electron chi connectivity index (χ4n) is 3.10. The molecule has 0 saturated carbocycles. The van der Waals surface area contributed by atoms with E-state index in [9.17, 15) is 4.79 Å². The highest BCUT2D eigenvalue weighted by Crippen LogP contribution is 2.28. The van der Waals surface area contributed by atoms with E-state index in [1.807, 2.05) is 60.7 Å². The summed E-state index contributed by atoms with van der Waals surface area (Å²) in [6.07, 6.45) is 0.310. The van der Waals surface area contributed by atoms with E-state index >= 15 is 0 Å². The smallest absolute Gasteiger partial charge is 0.261 e. The van der Waals surface area contributed by atoms with E-state index < -0.39 is 6.10 Å². The number of benzene rings is 3. The number of methoxy groups -OCH3 is 1. The van der Waals surface area contributed by atoms with Gasteiger partial charge >= 0.3 is 0 Å². The summed E-state index contributed by atoms with van der Waals surface area (Å²) in [7, 11) is 1.61. The molecule has 0 radical (unpaired) electrons. The molecule has 3 aromatic rings. The van der Waals surface area contributed by atoms with E-state index in [0.717, 1.165) is 23.1 Å². The zero-order valence-corrected chi connectivity index (χ0v) is 18.3. The van der Waals surface area contributed by atoms with Crippen molar-refractivity contribution in [3.8, 4) is 28.4 Å². The first-order chi connectivity index (χ1) is 15.1. The van der Waals surface area contributed by atoms with Gasteiger partial charge in [0, 0.05) is 6.54 Å². The molecule has 0 aliphatic carbocycles. The summed E-state index contributed by atoms with van der Waals surface area (Å²) in [5, 5.41) is 2.91. The molecule has 0 aromatic heterocycles. The molecule has 5 heteroatoms. The molecule has 0 fully saturated rings. The van der Waals surface area contributed by atoms with Gasteiger partial charge in [0.1, 0.15) is 5.75 Å². The van der Waals surface area contributed by atoms with Crippen LogP contribution in [0.1, 0.15) is 25.8 Å². The van der Waals surface area contributed by atoms with Crippen molar-refractivity contribution in [1.82, 2.24) is 5.32 Å². The highest BCUT2D eigenvalue weighted by Gasteiger charge is 2.15. The van der Waals surface area contributed by atoms with E-state index in [2.05, 4.69) is 24.4 Å². The van der Waals surface area contributed by atoms with Gasteiger partial charge in [-0.2, -0.15) is 0 Å². The number of rotatable bonds is 10. The maximum absolute atomic E-state index is 12.5. The second kappa shape index (κ2) is 11.1. The Kier molecular flexibility index (Phi) is 7.93. The number of carbonyl (C=O) groups excluding carboxylic acids is 1. The van der Waals surface area contributed by atoms with Crippen LogP contribution in [0.25, 0.3) is 11.1 Å². The number of hydrogen-bond acceptors (Lipinski definition) is 4. The molecule has 0 aliphatic heterocycles. The van der Waals surface area contributed by atoms with Gasteiger partial charge in [-0.15, -0.1) is 0 Å². The zero-order valence-electron chi connectivity index (χ0n) is 18.3. The van der Waals surface area contributed by atoms with Crippen molar-refractivity contribution in [2.75, 3.05) is 13.7 Å². The van der Waals surface area contributed by atoms with Gasteiger partial charge in [0.15, 0.2) is 17.6 Å². The van der Waals surface area contributed by atoms with Crippen LogP contribution in [0.15, 0.2) is 72.8 Å². The normalized spacial score (nSPS) is 11.5. The Bertz CT molecular complexity index is 970. The van der Waals surface area contributed by atoms with Crippen LogP contribution in [-0.2, 0) is 11.3 Å². The lowest BCUT2D eigenvalue weighted by molar-refractivity contribution is -0.127. The van der Waals surface area contributed by atoms with Gasteiger partial charge in [0.25, 0.3) is 5.91 Å². The van der Waals surface area contributed by atoms with Crippen LogP contribution >= 0.6 is 0 Å². The van der Waals surface area contributed by atoms with Gasteiger partial charge in [0.2, 0.25) is 0 Å². The summed E-state index contributed by atoms with van der Waals surface area (Å²) in [5.41, 5.74) is 3.17. The Labute approximate surface area is 184 Å². The molecule has 1 unspecified atom stereocenters. The molecule has 162 valence electrons. The number of nitrogens with one attached hydrogen (secondary N) is 1. The molecule has 1 atom stereocenters. The van der Waals surface area contributed by atoms with Crippen molar-refractivity contribution in [3.63, 3.8) is 0 Å². The molecule has 0 saturated heterocycles. The highest BCUT2D eigenvalue weighted by atomic mass is 16.5. The zero-order chi connectivity index (χ0) is 22.1. The van der Waals surface area contributed by atoms with Gasteiger partial charge in [-0.25, -0.2) is 0 Å². The summed E-state index contributed by atoms with van der Waals surface area (Å²) in [6.45, 7) is 4.80. The van der Waals surface area contributed by atoms with Crippen molar-refractivity contribution in [3.05, 3.63) is 78.4 Å². The summed E-state index contributed by atoms with van der Waals surface area (Å²) < 4.78 is 16.9. The second-order valence-electron chi connectivity index (χ2n) is 7.20. The Morgan fingerprint density at radius 1 is 0.935 bits per heavy atom. The van der Waals surface area contributed by atoms with Crippen molar-refractivity contribution in [2.45, 2.75) is 32.9 Å². The van der Waals surface area contributed by atoms with Crippen LogP contribution in [-0.4, -0.2) is 25.7 Å². The fraction of sp³-hybridized carbons (Fsp3) is 0.269. The second-order valence-corrected chi connectivity index (χ2v) is 7.20. The van der Waals surface area contributed by atoms with Gasteiger partial charge in [0.05, 0.1) is 13.7 Å². The molecule has 31 heavy (non-hydrogen) atoms. The van der Waals surface area contributed by atoms with Crippen LogP contribution in [0.4, 0.5) is 0 Å². The predicted molar refractivity (Wildman–Crippen MR) is 123 cm³/mol. The minimum absolute atomic E-state index is 0.183. The molecule has 0 aliphatic rings. The van der Waals surface area contributed by atoms with E-state index in [4.69, 9.17) is 14.2 Å². The van der Waals surface area contributed by atoms with Crippen molar-refractivity contribution >= 4 is 5.91 Å². The quantitative estimate of drug-likeness (QED) is 0.489. The van der Waals surface area contributed by atoms with Crippen LogP contribution < -0.4 is 19.5 Å². The first kappa shape index (κ1) is 22.2. The number of carbonyl (C=O) groups is 1. The number of hydrogen-bond donors (Lipinski definition) is 1. The van der Waals surface area contributed by atoms with Gasteiger partial charge in [-0.1, -0.05) is 55.5 Å². The highest BCUT2D eigenvalue weighted by molar-refractivity contribution is 5.80. The maximum Gasteiger partial charge on any atom is 0.261 e. The molecular formula is C26H29NO4. The summed E-state index contributed by atoms with van der Waals surface area (Å²) in [4.78, 5) is 12.5. The summed E-state index contributed by atoms with van der Waals surface area (Å²) >= 11 is 0. The molecule has 0 bridgehead atoms. The molecule has 3 aromatic carbocycles. The predicted octanol–water partition coefficient (Wildman–Crippen LogP) is 5.23. The fourth-order valence-corrected chi connectivity index (χ4v) is 3.10. The van der Waals surface area contributed by atoms with E-state index in [0.29, 0.717) is 30.4 Å². The Balaban J connectivity index is 1.53. The van der Waals surface area contributed by atoms with Gasteiger partial charge in [-0.3, -0.25) is 4.79 Å². The van der Waals surface area contributed by atoms with Crippen LogP contribution in [0.5, 0.6) is 17.2 Å². The van der Waals surface area contributed by atoms with E-state index in [1.54, 1.807) is 14.0 Å². The molecule has 1 amide bonds. The summed E-state index contributed by atoms with van der Waals surface area (Å²) in [5.74, 6) is 1.83. The lowest BCUT2D eigenvalue weighted by atomic mass is 10.1. The Morgan fingerprint density at radius 3 is 2.32 bits per heavy atom. The van der Waals surface area contributed by atoms with Gasteiger partial charge < -0.3 is 19.5 Å². The molecule has 0 spiro atoms. The Hall–Kier alpha value is -3.47. The molecule has 0 heterocycles. The molecule has 1 N–H and O–H groups in total. The maximum atomic E-state index is 12.5. The minimum Gasteiger partial charge on any atom is -0.493 e. The summed E-state index contributed by atoms with van der Waals surface area (Å²) in [6, 6.07) is 23.5. The topological polar surface area (TPSA) is 56.8 Å². The van der Waals surface area contributed by atoms with E-state index in [1.165, 1.54) is 0 Å². The molecule has 3 rings (SSSR count). The lowest BCUT2D eigenvalue weighted by Crippen LogP contribution is -2.35. The van der Waals surface area contributed by atoms with Crippen LogP contribution in [0, 0.1) is 0 Å². The van der Waals surface area contributed by atoms with Crippen LogP contribution in [0.2, 0.25) is 0 Å². The third-order valence-electron chi connectivity index (χ3n) is 4.80. The van der Waals surface area contributed by atoms with Crippen molar-refractivity contribution in [1.29, 1.82) is 0 Å². The average molecular weight is 420 g/mol. The third-order valence-corrected chi connectivity index (χ3v) is 4.80. The molecular weight excluding hydrogens is 390 g/mol. The monoisotopic (exact) mass is 419 g/mol. The number of ether oxygens (including phenoxy) is 3. The van der Waals surface area contributed by atoms with Crippen molar-refractivity contribution in [2.24, 2.45) is 0 Å². The van der Waals surface area contributed by atoms with Crippen LogP contribution in [0.3, 0.4) is 0 Å². The minimum atomic E-state index is -0.614. The van der Waals surface area contributed by atoms with Crippen molar-refractivity contribution < 1.29 is 19.0 Å². The largest absolute Gasteiger partial charge is 0.493 e. The SMILES string of the molecule is CCCOc1ccc(CNC(=O)C(C)Oc2ccc(-c3ccccc3)cc2)cc1OC. The lowest BCUT2D eigenvalue weighted by Gasteiger charge is -2.16. The first-order valence-corrected chi connectivity index (χ1v) is 10.5. The average Bonchev–Trinajstić information content (AvgIpc) is 2.82. The third kappa shape index (κ3) is 6.25. The van der Waals surface area contributed by atoms with E-state index in [-0.39, 0.29) is 5.91 Å². The standard InChI is InChI=1S/C26H29NO4/c1-4-16-30-24-15-10-20(17-25(24)29-3)18-27-26(28)19(2)31-23-13-11-22(12-14-23)21-8-6-5-7-9-21/h5-15,17,19H,4,16,18H2,1-3H3,(H,27,28). The molecule has 5 nitrogen and oxygen atoms in total. The Morgan fingerprint density at radius 2 is 1.65 bits per heavy atom. The first-order valence-electron chi connectivity index (χ1n) is 10.5. The van der Waals surface area contributed by atoms with Gasteiger partial charge in [-0.05, 0) is 54.3 Å².